The van der Waals surface area contributed by atoms with Gasteiger partial charge in [-0.3, -0.25) is 4.98 Å². The van der Waals surface area contributed by atoms with Crippen LogP contribution in [0.2, 0.25) is 0 Å². The van der Waals surface area contributed by atoms with Gasteiger partial charge in [0.15, 0.2) is 5.82 Å². The maximum atomic E-state index is 4.73. The summed E-state index contributed by atoms with van der Waals surface area (Å²) in [7, 11) is 0. The van der Waals surface area contributed by atoms with Crippen LogP contribution in [-0.4, -0.2) is 33.0 Å². The Kier molecular flexibility index (Phi) is 3.03. The molecule has 1 saturated heterocycles. The first-order chi connectivity index (χ1) is 10.4. The van der Waals surface area contributed by atoms with Crippen molar-refractivity contribution in [2.75, 3.05) is 18.0 Å². The minimum Gasteiger partial charge on any atom is -0.355 e. The number of nitrogens with zero attached hydrogens (tertiary/aromatic N) is 4. The SMILES string of the molecule is c1ccc2[nH]c(-c3cncc(N4CCCCC4)n3)nc2c1. The Morgan fingerprint density at radius 2 is 1.81 bits per heavy atom. The van der Waals surface area contributed by atoms with Crippen molar-refractivity contribution in [3.05, 3.63) is 36.7 Å². The van der Waals surface area contributed by atoms with Crippen LogP contribution in [0.3, 0.4) is 0 Å². The zero-order valence-corrected chi connectivity index (χ0v) is 11.8. The predicted molar refractivity (Wildman–Crippen MR) is 83.2 cm³/mol. The maximum Gasteiger partial charge on any atom is 0.158 e. The molecule has 1 aliphatic rings. The summed E-state index contributed by atoms with van der Waals surface area (Å²) in [6, 6.07) is 8.01. The molecule has 3 heterocycles. The molecule has 0 spiro atoms. The van der Waals surface area contributed by atoms with Gasteiger partial charge in [0.1, 0.15) is 11.5 Å². The van der Waals surface area contributed by atoms with Gasteiger partial charge in [-0.2, -0.15) is 0 Å². The average Bonchev–Trinajstić information content (AvgIpc) is 3.00. The molecule has 0 amide bonds. The van der Waals surface area contributed by atoms with Gasteiger partial charge in [0.25, 0.3) is 0 Å². The van der Waals surface area contributed by atoms with Gasteiger partial charge in [0, 0.05) is 13.1 Å². The Morgan fingerprint density at radius 3 is 2.67 bits per heavy atom. The van der Waals surface area contributed by atoms with Crippen LogP contribution in [0.1, 0.15) is 19.3 Å². The van der Waals surface area contributed by atoms with Gasteiger partial charge in [-0.25, -0.2) is 9.97 Å². The number of aromatic amines is 1. The standard InChI is InChI=1S/C16H17N5/c1-4-8-21(9-5-1)15-11-17-10-14(18-15)16-19-12-6-2-3-7-13(12)20-16/h2-3,6-7,10-11H,1,4-5,8-9H2,(H,19,20). The molecule has 106 valence electrons. The molecule has 1 N–H and O–H groups in total. The summed E-state index contributed by atoms with van der Waals surface area (Å²) >= 11 is 0. The van der Waals surface area contributed by atoms with Gasteiger partial charge >= 0.3 is 0 Å². The molecule has 0 radical (unpaired) electrons. The highest BCUT2D eigenvalue weighted by atomic mass is 15.2. The largest absolute Gasteiger partial charge is 0.355 e. The lowest BCUT2D eigenvalue weighted by molar-refractivity contribution is 0.573. The number of benzene rings is 1. The smallest absolute Gasteiger partial charge is 0.158 e. The highest BCUT2D eigenvalue weighted by Gasteiger charge is 2.14. The molecule has 3 aromatic rings. The molecule has 0 atom stereocenters. The van der Waals surface area contributed by atoms with E-state index in [0.29, 0.717) is 0 Å². The van der Waals surface area contributed by atoms with Crippen molar-refractivity contribution in [1.82, 2.24) is 19.9 Å². The van der Waals surface area contributed by atoms with E-state index in [1.165, 1.54) is 19.3 Å². The van der Waals surface area contributed by atoms with Gasteiger partial charge in [0.2, 0.25) is 0 Å². The second kappa shape index (κ2) is 5.16. The fraction of sp³-hybridized carbons (Fsp3) is 0.312. The van der Waals surface area contributed by atoms with Crippen LogP contribution in [0.5, 0.6) is 0 Å². The summed E-state index contributed by atoms with van der Waals surface area (Å²) in [5, 5.41) is 0. The van der Waals surface area contributed by atoms with E-state index in [1.54, 1.807) is 6.20 Å². The van der Waals surface area contributed by atoms with Crippen LogP contribution < -0.4 is 4.90 Å². The number of hydrogen-bond acceptors (Lipinski definition) is 4. The molecule has 21 heavy (non-hydrogen) atoms. The van der Waals surface area contributed by atoms with E-state index in [9.17, 15) is 0 Å². The second-order valence-corrected chi connectivity index (χ2v) is 5.41. The van der Waals surface area contributed by atoms with Crippen LogP contribution in [-0.2, 0) is 0 Å². The van der Waals surface area contributed by atoms with Crippen molar-refractivity contribution >= 4 is 16.9 Å². The number of H-pyrrole nitrogens is 1. The number of rotatable bonds is 2. The number of para-hydroxylation sites is 2. The summed E-state index contributed by atoms with van der Waals surface area (Å²) in [5.74, 6) is 1.73. The van der Waals surface area contributed by atoms with E-state index in [0.717, 1.165) is 41.5 Å². The average molecular weight is 279 g/mol. The van der Waals surface area contributed by atoms with Crippen LogP contribution in [0.4, 0.5) is 5.82 Å². The Morgan fingerprint density at radius 1 is 0.952 bits per heavy atom. The highest BCUT2D eigenvalue weighted by Crippen LogP contribution is 2.22. The topological polar surface area (TPSA) is 57.7 Å². The van der Waals surface area contributed by atoms with Crippen LogP contribution >= 0.6 is 0 Å². The van der Waals surface area contributed by atoms with Crippen molar-refractivity contribution in [2.24, 2.45) is 0 Å². The van der Waals surface area contributed by atoms with Crippen LogP contribution in [0.25, 0.3) is 22.6 Å². The van der Waals surface area contributed by atoms with Gasteiger partial charge in [-0.1, -0.05) is 12.1 Å². The minimum absolute atomic E-state index is 0.780. The third kappa shape index (κ3) is 2.35. The van der Waals surface area contributed by atoms with Crippen molar-refractivity contribution in [1.29, 1.82) is 0 Å². The number of aromatic nitrogens is 4. The lowest BCUT2D eigenvalue weighted by Gasteiger charge is -2.27. The van der Waals surface area contributed by atoms with Gasteiger partial charge in [0.05, 0.1) is 23.4 Å². The summed E-state index contributed by atoms with van der Waals surface area (Å²) in [6.07, 6.45) is 7.39. The van der Waals surface area contributed by atoms with Gasteiger partial charge < -0.3 is 9.88 Å². The molecule has 1 fully saturated rings. The Hall–Kier alpha value is -2.43. The number of anilines is 1. The number of piperidine rings is 1. The summed E-state index contributed by atoms with van der Waals surface area (Å²) < 4.78 is 0. The molecular formula is C16H17N5. The minimum atomic E-state index is 0.780. The van der Waals surface area contributed by atoms with Crippen molar-refractivity contribution in [3.63, 3.8) is 0 Å². The van der Waals surface area contributed by atoms with E-state index >= 15 is 0 Å². The first-order valence-corrected chi connectivity index (χ1v) is 7.42. The molecule has 0 bridgehead atoms. The van der Waals surface area contributed by atoms with E-state index in [4.69, 9.17) is 4.98 Å². The summed E-state index contributed by atoms with van der Waals surface area (Å²) in [4.78, 5) is 19.3. The Bertz CT molecular complexity index is 725. The predicted octanol–water partition coefficient (Wildman–Crippen LogP) is 3.01. The lowest BCUT2D eigenvalue weighted by Crippen LogP contribution is -2.30. The van der Waals surface area contributed by atoms with Crippen LogP contribution in [0, 0.1) is 0 Å². The lowest BCUT2D eigenvalue weighted by atomic mass is 10.1. The first-order valence-electron chi connectivity index (χ1n) is 7.42. The van der Waals surface area contributed by atoms with Crippen LogP contribution in [0.15, 0.2) is 36.7 Å². The van der Waals surface area contributed by atoms with E-state index in [1.807, 2.05) is 30.5 Å². The molecule has 5 nitrogen and oxygen atoms in total. The highest BCUT2D eigenvalue weighted by molar-refractivity contribution is 5.78. The monoisotopic (exact) mass is 279 g/mol. The summed E-state index contributed by atoms with van der Waals surface area (Å²) in [6.45, 7) is 2.14. The Balaban J connectivity index is 1.71. The second-order valence-electron chi connectivity index (χ2n) is 5.41. The zero-order chi connectivity index (χ0) is 14.1. The molecule has 0 saturated carbocycles. The third-order valence-corrected chi connectivity index (χ3v) is 3.93. The zero-order valence-electron chi connectivity index (χ0n) is 11.8. The quantitative estimate of drug-likeness (QED) is 0.783. The van der Waals surface area contributed by atoms with Gasteiger partial charge in [-0.15, -0.1) is 0 Å². The van der Waals surface area contributed by atoms with Gasteiger partial charge in [-0.05, 0) is 31.4 Å². The molecule has 0 unspecified atom stereocenters. The van der Waals surface area contributed by atoms with E-state index in [2.05, 4.69) is 19.9 Å². The fourth-order valence-electron chi connectivity index (χ4n) is 2.82. The van der Waals surface area contributed by atoms with E-state index < -0.39 is 0 Å². The maximum absolute atomic E-state index is 4.73. The molecule has 0 aliphatic carbocycles. The fourth-order valence-corrected chi connectivity index (χ4v) is 2.82. The molecule has 1 aromatic carbocycles. The Labute approximate surface area is 123 Å². The number of imidazole rings is 1. The third-order valence-electron chi connectivity index (χ3n) is 3.93. The summed E-state index contributed by atoms with van der Waals surface area (Å²) in [5.41, 5.74) is 2.78. The normalized spacial score (nSPS) is 15.5. The molecule has 4 rings (SSSR count). The number of nitrogens with one attached hydrogen (secondary N) is 1. The molecular weight excluding hydrogens is 262 g/mol. The molecule has 2 aromatic heterocycles. The number of fused-ring (bicyclic) bond motifs is 1. The first kappa shape index (κ1) is 12.3. The van der Waals surface area contributed by atoms with E-state index in [-0.39, 0.29) is 0 Å². The number of hydrogen-bond donors (Lipinski definition) is 1. The van der Waals surface area contributed by atoms with Crippen molar-refractivity contribution < 1.29 is 0 Å². The van der Waals surface area contributed by atoms with Crippen molar-refractivity contribution in [3.8, 4) is 11.5 Å². The molecule has 1 aliphatic heterocycles. The molecule has 5 heteroatoms. The van der Waals surface area contributed by atoms with Crippen molar-refractivity contribution in [2.45, 2.75) is 19.3 Å².